The Kier molecular flexibility index (Phi) is 6.48. The molecule has 6 aromatic rings. The fourth-order valence-electron chi connectivity index (χ4n) is 5.38. The summed E-state index contributed by atoms with van der Waals surface area (Å²) in [7, 11) is 0. The van der Waals surface area contributed by atoms with Gasteiger partial charge >= 0.3 is 0 Å². The minimum atomic E-state index is 0.767. The average molecular weight is 592 g/mol. The van der Waals surface area contributed by atoms with Gasteiger partial charge in [0, 0.05) is 10.7 Å². The Morgan fingerprint density at radius 1 is 0.417 bits per heavy atom. The lowest BCUT2D eigenvalue weighted by Crippen LogP contribution is -1.99. The zero-order chi connectivity index (χ0) is 24.5. The molecule has 0 aliphatic rings. The third kappa shape index (κ3) is 3.99. The Morgan fingerprint density at radius 2 is 0.778 bits per heavy atom. The largest absolute Gasteiger partial charge is 0.0876 e. The lowest BCUT2D eigenvalue weighted by atomic mass is 9.82. The van der Waals surface area contributed by atoms with Gasteiger partial charge in [0.1, 0.15) is 0 Å². The molecule has 0 saturated carbocycles. The van der Waals surface area contributed by atoms with Crippen LogP contribution in [0.15, 0.2) is 121 Å². The van der Waals surface area contributed by atoms with E-state index < -0.39 is 0 Å². The van der Waals surface area contributed by atoms with Gasteiger partial charge in [-0.1, -0.05) is 141 Å². The maximum absolute atomic E-state index is 3.90. The fourth-order valence-corrected chi connectivity index (χ4v) is 6.54. The molecule has 0 radical (unpaired) electrons. The molecule has 0 unspecified atom stereocenters. The van der Waals surface area contributed by atoms with E-state index in [9.17, 15) is 0 Å². The Bertz CT molecular complexity index is 1560. The van der Waals surface area contributed by atoms with E-state index in [4.69, 9.17) is 0 Å². The molecule has 174 valence electrons. The first-order valence-corrected chi connectivity index (χ1v) is 14.4. The number of halogens is 2. The molecule has 0 saturated heterocycles. The molecular formula is C34H24Br2. The Morgan fingerprint density at radius 3 is 1.17 bits per heavy atom. The summed E-state index contributed by atoms with van der Waals surface area (Å²) in [6.07, 6.45) is 0. The highest BCUT2D eigenvalue weighted by atomic mass is 79.9. The lowest BCUT2D eigenvalue weighted by molar-refractivity contribution is 1.40. The van der Waals surface area contributed by atoms with Crippen molar-refractivity contribution in [3.05, 3.63) is 132 Å². The molecule has 0 aromatic heterocycles. The van der Waals surface area contributed by atoms with Crippen LogP contribution in [0.5, 0.6) is 0 Å². The van der Waals surface area contributed by atoms with Crippen LogP contribution in [0.4, 0.5) is 0 Å². The molecule has 0 nitrogen and oxygen atoms in total. The SMILES string of the molecule is BrCc1c(-c2ccccc2)cc2ccccc2c1-c1c(CBr)c(-c2ccccc2)cc2ccccc12. The highest BCUT2D eigenvalue weighted by molar-refractivity contribution is 9.08. The third-order valence-corrected chi connectivity index (χ3v) is 8.12. The van der Waals surface area contributed by atoms with Gasteiger partial charge in [0.15, 0.2) is 0 Å². The summed E-state index contributed by atoms with van der Waals surface area (Å²) < 4.78 is 0. The summed E-state index contributed by atoms with van der Waals surface area (Å²) in [5, 5.41) is 6.61. The third-order valence-electron chi connectivity index (χ3n) is 7.00. The van der Waals surface area contributed by atoms with Gasteiger partial charge in [-0.2, -0.15) is 0 Å². The van der Waals surface area contributed by atoms with E-state index in [0.717, 1.165) is 10.7 Å². The van der Waals surface area contributed by atoms with E-state index in [1.807, 2.05) is 0 Å². The summed E-state index contributed by atoms with van der Waals surface area (Å²) >= 11 is 7.80. The van der Waals surface area contributed by atoms with Crippen LogP contribution < -0.4 is 0 Å². The Balaban J connectivity index is 1.82. The fraction of sp³-hybridized carbons (Fsp3) is 0.0588. The molecule has 0 N–H and O–H groups in total. The molecule has 6 rings (SSSR count). The lowest BCUT2D eigenvalue weighted by Gasteiger charge is -2.23. The number of hydrogen-bond acceptors (Lipinski definition) is 0. The van der Waals surface area contributed by atoms with Crippen LogP contribution in [0, 0.1) is 0 Å². The quantitative estimate of drug-likeness (QED) is 0.175. The van der Waals surface area contributed by atoms with Crippen molar-refractivity contribution in [2.75, 3.05) is 0 Å². The second-order valence-corrected chi connectivity index (χ2v) is 10.1. The Hall–Kier alpha value is -3.20. The second kappa shape index (κ2) is 10.0. The minimum Gasteiger partial charge on any atom is -0.0876 e. The van der Waals surface area contributed by atoms with Crippen LogP contribution in [0.1, 0.15) is 11.1 Å². The highest BCUT2D eigenvalue weighted by Crippen LogP contribution is 2.46. The van der Waals surface area contributed by atoms with E-state index in [1.54, 1.807) is 0 Å². The van der Waals surface area contributed by atoms with Crippen LogP contribution in [-0.4, -0.2) is 0 Å². The number of benzene rings is 6. The second-order valence-electron chi connectivity index (χ2n) is 9.00. The van der Waals surface area contributed by atoms with E-state index in [2.05, 4.69) is 153 Å². The van der Waals surface area contributed by atoms with Gasteiger partial charge < -0.3 is 0 Å². The van der Waals surface area contributed by atoms with Crippen molar-refractivity contribution < 1.29 is 0 Å². The first-order chi connectivity index (χ1) is 17.8. The van der Waals surface area contributed by atoms with Gasteiger partial charge in [-0.05, 0) is 78.2 Å². The van der Waals surface area contributed by atoms with Crippen molar-refractivity contribution in [3.8, 4) is 33.4 Å². The first kappa shape index (κ1) is 23.2. The normalized spacial score (nSPS) is 11.3. The zero-order valence-corrected chi connectivity index (χ0v) is 22.9. The van der Waals surface area contributed by atoms with E-state index in [1.165, 1.54) is 66.1 Å². The van der Waals surface area contributed by atoms with Crippen molar-refractivity contribution in [1.29, 1.82) is 0 Å². The minimum absolute atomic E-state index is 0.767. The first-order valence-electron chi connectivity index (χ1n) is 12.1. The summed E-state index contributed by atoms with van der Waals surface area (Å²) in [6.45, 7) is 0. The monoisotopic (exact) mass is 590 g/mol. The predicted molar refractivity (Wildman–Crippen MR) is 163 cm³/mol. The van der Waals surface area contributed by atoms with Crippen LogP contribution in [0.2, 0.25) is 0 Å². The molecule has 0 atom stereocenters. The summed E-state index contributed by atoms with van der Waals surface area (Å²) in [5.74, 6) is 0. The summed E-state index contributed by atoms with van der Waals surface area (Å²) in [4.78, 5) is 0. The maximum atomic E-state index is 3.90. The zero-order valence-electron chi connectivity index (χ0n) is 19.7. The number of fused-ring (bicyclic) bond motifs is 2. The molecule has 6 aromatic carbocycles. The van der Waals surface area contributed by atoms with Gasteiger partial charge in [0.2, 0.25) is 0 Å². The maximum Gasteiger partial charge on any atom is 0.0295 e. The molecule has 0 spiro atoms. The van der Waals surface area contributed by atoms with Crippen molar-refractivity contribution in [3.63, 3.8) is 0 Å². The van der Waals surface area contributed by atoms with Crippen molar-refractivity contribution in [2.45, 2.75) is 10.7 Å². The molecule has 0 aliphatic carbocycles. The average Bonchev–Trinajstić information content (AvgIpc) is 2.96. The molecular weight excluding hydrogens is 568 g/mol. The van der Waals surface area contributed by atoms with Crippen LogP contribution in [0.25, 0.3) is 54.9 Å². The smallest absolute Gasteiger partial charge is 0.0295 e. The molecule has 0 bridgehead atoms. The van der Waals surface area contributed by atoms with Crippen LogP contribution in [-0.2, 0) is 10.7 Å². The van der Waals surface area contributed by atoms with Gasteiger partial charge in [0.25, 0.3) is 0 Å². The van der Waals surface area contributed by atoms with E-state index in [-0.39, 0.29) is 0 Å². The summed E-state index contributed by atoms with van der Waals surface area (Å²) in [5.41, 5.74) is 10.3. The number of alkyl halides is 2. The van der Waals surface area contributed by atoms with Crippen LogP contribution >= 0.6 is 31.9 Å². The van der Waals surface area contributed by atoms with Crippen LogP contribution in [0.3, 0.4) is 0 Å². The van der Waals surface area contributed by atoms with E-state index in [0.29, 0.717) is 0 Å². The number of hydrogen-bond donors (Lipinski definition) is 0. The standard InChI is InChI=1S/C34H24Br2/c35-21-31-29(23-11-3-1-4-12-23)19-25-15-7-9-17-27(25)33(31)34-28-18-10-8-16-26(28)20-30(32(34)22-36)24-13-5-2-6-14-24/h1-20H,21-22H2. The molecule has 2 heteroatoms. The summed E-state index contributed by atoms with van der Waals surface area (Å²) in [6, 6.07) is 43.8. The predicted octanol–water partition coefficient (Wildman–Crippen LogP) is 10.8. The Labute approximate surface area is 228 Å². The van der Waals surface area contributed by atoms with Crippen molar-refractivity contribution >= 4 is 53.4 Å². The topological polar surface area (TPSA) is 0 Å². The highest BCUT2D eigenvalue weighted by Gasteiger charge is 2.22. The van der Waals surface area contributed by atoms with Crippen molar-refractivity contribution in [1.82, 2.24) is 0 Å². The molecule has 0 amide bonds. The molecule has 36 heavy (non-hydrogen) atoms. The van der Waals surface area contributed by atoms with Gasteiger partial charge in [-0.25, -0.2) is 0 Å². The van der Waals surface area contributed by atoms with Gasteiger partial charge in [-0.15, -0.1) is 0 Å². The molecule has 0 heterocycles. The molecule has 0 aliphatic heterocycles. The molecule has 0 fully saturated rings. The number of rotatable bonds is 5. The van der Waals surface area contributed by atoms with Gasteiger partial charge in [0.05, 0.1) is 0 Å². The van der Waals surface area contributed by atoms with Crippen molar-refractivity contribution in [2.24, 2.45) is 0 Å². The van der Waals surface area contributed by atoms with E-state index >= 15 is 0 Å². The van der Waals surface area contributed by atoms with Gasteiger partial charge in [-0.3, -0.25) is 0 Å².